The standard InChI is InChI=1S/C11H16ClN/c1-8-6-9(4-5-10(8)12)7-11(2,3)13/h4-6H,7,13H2,1-3H3. The smallest absolute Gasteiger partial charge is 0.0435 e. The molecule has 13 heavy (non-hydrogen) atoms. The van der Waals surface area contributed by atoms with Crippen molar-refractivity contribution in [3.8, 4) is 0 Å². The summed E-state index contributed by atoms with van der Waals surface area (Å²) in [4.78, 5) is 0. The van der Waals surface area contributed by atoms with Gasteiger partial charge in [-0.1, -0.05) is 23.7 Å². The highest BCUT2D eigenvalue weighted by atomic mass is 35.5. The maximum atomic E-state index is 5.92. The first-order valence-electron chi connectivity index (χ1n) is 4.42. The van der Waals surface area contributed by atoms with Crippen molar-refractivity contribution in [1.82, 2.24) is 0 Å². The summed E-state index contributed by atoms with van der Waals surface area (Å²) in [5.41, 5.74) is 8.13. The molecule has 0 saturated heterocycles. The van der Waals surface area contributed by atoms with Crippen molar-refractivity contribution in [2.24, 2.45) is 5.73 Å². The SMILES string of the molecule is Cc1cc(CC(C)(C)N)ccc1Cl. The summed E-state index contributed by atoms with van der Waals surface area (Å²) in [7, 11) is 0. The molecule has 0 aliphatic heterocycles. The van der Waals surface area contributed by atoms with Gasteiger partial charge in [-0.05, 0) is 44.4 Å². The molecular weight excluding hydrogens is 182 g/mol. The van der Waals surface area contributed by atoms with E-state index in [2.05, 4.69) is 6.07 Å². The van der Waals surface area contributed by atoms with Gasteiger partial charge >= 0.3 is 0 Å². The van der Waals surface area contributed by atoms with Crippen LogP contribution in [0.4, 0.5) is 0 Å². The molecule has 0 heterocycles. The minimum absolute atomic E-state index is 0.153. The van der Waals surface area contributed by atoms with Gasteiger partial charge in [-0.25, -0.2) is 0 Å². The fourth-order valence-corrected chi connectivity index (χ4v) is 1.46. The lowest BCUT2D eigenvalue weighted by Crippen LogP contribution is -2.34. The van der Waals surface area contributed by atoms with Crippen LogP contribution in [0.25, 0.3) is 0 Å². The maximum absolute atomic E-state index is 5.92. The molecule has 0 aliphatic rings. The van der Waals surface area contributed by atoms with Gasteiger partial charge in [-0.3, -0.25) is 0 Å². The van der Waals surface area contributed by atoms with Crippen molar-refractivity contribution >= 4 is 11.6 Å². The van der Waals surface area contributed by atoms with Gasteiger partial charge in [0, 0.05) is 10.6 Å². The van der Waals surface area contributed by atoms with Gasteiger partial charge in [0.15, 0.2) is 0 Å². The average molecular weight is 198 g/mol. The Hall–Kier alpha value is -0.530. The monoisotopic (exact) mass is 197 g/mol. The van der Waals surface area contributed by atoms with Gasteiger partial charge in [0.1, 0.15) is 0 Å². The normalized spacial score (nSPS) is 11.8. The Morgan fingerprint density at radius 3 is 2.46 bits per heavy atom. The summed E-state index contributed by atoms with van der Waals surface area (Å²) < 4.78 is 0. The molecule has 72 valence electrons. The number of hydrogen-bond donors (Lipinski definition) is 1. The predicted molar refractivity (Wildman–Crippen MR) is 58.2 cm³/mol. The van der Waals surface area contributed by atoms with Crippen LogP contribution in [0.5, 0.6) is 0 Å². The molecule has 0 fully saturated rings. The number of aryl methyl sites for hydroxylation is 1. The average Bonchev–Trinajstić information content (AvgIpc) is 1.94. The zero-order valence-corrected chi connectivity index (χ0v) is 9.15. The molecule has 1 aromatic carbocycles. The lowest BCUT2D eigenvalue weighted by Gasteiger charge is -2.18. The van der Waals surface area contributed by atoms with Gasteiger partial charge < -0.3 is 5.73 Å². The molecule has 0 unspecified atom stereocenters. The number of nitrogens with two attached hydrogens (primary N) is 1. The van der Waals surface area contributed by atoms with Crippen LogP contribution in [-0.2, 0) is 6.42 Å². The lowest BCUT2D eigenvalue weighted by atomic mass is 9.95. The summed E-state index contributed by atoms with van der Waals surface area (Å²) in [6.07, 6.45) is 0.880. The molecule has 2 N–H and O–H groups in total. The van der Waals surface area contributed by atoms with Crippen LogP contribution < -0.4 is 5.73 Å². The van der Waals surface area contributed by atoms with E-state index in [9.17, 15) is 0 Å². The van der Waals surface area contributed by atoms with Gasteiger partial charge in [-0.2, -0.15) is 0 Å². The molecule has 0 aromatic heterocycles. The molecule has 0 atom stereocenters. The predicted octanol–water partition coefficient (Wildman–Crippen LogP) is 2.93. The number of benzene rings is 1. The first-order valence-corrected chi connectivity index (χ1v) is 4.80. The summed E-state index contributed by atoms with van der Waals surface area (Å²) in [6.45, 7) is 6.06. The van der Waals surface area contributed by atoms with E-state index in [0.717, 1.165) is 17.0 Å². The van der Waals surface area contributed by atoms with E-state index >= 15 is 0 Å². The molecule has 1 aromatic rings. The van der Waals surface area contributed by atoms with Crippen molar-refractivity contribution in [3.05, 3.63) is 34.3 Å². The van der Waals surface area contributed by atoms with E-state index in [1.165, 1.54) is 5.56 Å². The van der Waals surface area contributed by atoms with Crippen LogP contribution in [0.2, 0.25) is 5.02 Å². The molecule has 1 nitrogen and oxygen atoms in total. The van der Waals surface area contributed by atoms with Crippen molar-refractivity contribution in [2.75, 3.05) is 0 Å². The topological polar surface area (TPSA) is 26.0 Å². The Balaban J connectivity index is 2.86. The van der Waals surface area contributed by atoms with E-state index in [4.69, 9.17) is 17.3 Å². The number of hydrogen-bond acceptors (Lipinski definition) is 1. The summed E-state index contributed by atoms with van der Waals surface area (Å²) in [5.74, 6) is 0. The fraction of sp³-hybridized carbons (Fsp3) is 0.455. The molecule has 0 bridgehead atoms. The summed E-state index contributed by atoms with van der Waals surface area (Å²) in [6, 6.07) is 6.05. The van der Waals surface area contributed by atoms with E-state index in [-0.39, 0.29) is 5.54 Å². The van der Waals surface area contributed by atoms with E-state index in [0.29, 0.717) is 0 Å². The highest BCUT2D eigenvalue weighted by Crippen LogP contribution is 2.18. The zero-order valence-electron chi connectivity index (χ0n) is 8.39. The Morgan fingerprint density at radius 2 is 2.00 bits per heavy atom. The molecule has 0 spiro atoms. The van der Waals surface area contributed by atoms with Crippen LogP contribution in [0.15, 0.2) is 18.2 Å². The van der Waals surface area contributed by atoms with Crippen molar-refractivity contribution in [3.63, 3.8) is 0 Å². The number of rotatable bonds is 2. The molecule has 0 amide bonds. The van der Waals surface area contributed by atoms with Crippen molar-refractivity contribution in [1.29, 1.82) is 0 Å². The van der Waals surface area contributed by atoms with Crippen LogP contribution >= 0.6 is 11.6 Å². The second kappa shape index (κ2) is 3.69. The Bertz CT molecular complexity index is 299. The van der Waals surface area contributed by atoms with E-state index in [1.54, 1.807) is 0 Å². The molecule has 0 saturated carbocycles. The highest BCUT2D eigenvalue weighted by molar-refractivity contribution is 6.31. The Labute approximate surface area is 84.9 Å². The van der Waals surface area contributed by atoms with Crippen LogP contribution in [-0.4, -0.2) is 5.54 Å². The molecular formula is C11H16ClN. The van der Waals surface area contributed by atoms with Crippen molar-refractivity contribution in [2.45, 2.75) is 32.7 Å². The number of halogens is 1. The Kier molecular flexibility index (Phi) is 2.99. The second-order valence-corrected chi connectivity index (χ2v) is 4.66. The highest BCUT2D eigenvalue weighted by Gasteiger charge is 2.11. The largest absolute Gasteiger partial charge is 0.325 e. The van der Waals surface area contributed by atoms with Crippen LogP contribution in [0, 0.1) is 6.92 Å². The van der Waals surface area contributed by atoms with Crippen LogP contribution in [0.1, 0.15) is 25.0 Å². The second-order valence-electron chi connectivity index (χ2n) is 4.25. The van der Waals surface area contributed by atoms with E-state index < -0.39 is 0 Å². The maximum Gasteiger partial charge on any atom is 0.0435 e. The fourth-order valence-electron chi connectivity index (χ4n) is 1.34. The van der Waals surface area contributed by atoms with Crippen molar-refractivity contribution < 1.29 is 0 Å². The summed E-state index contributed by atoms with van der Waals surface area (Å²) in [5, 5.41) is 0.818. The third-order valence-corrected chi connectivity index (χ3v) is 2.31. The first-order chi connectivity index (χ1) is 5.88. The van der Waals surface area contributed by atoms with Crippen LogP contribution in [0.3, 0.4) is 0 Å². The Morgan fingerprint density at radius 1 is 1.38 bits per heavy atom. The molecule has 1 rings (SSSR count). The zero-order chi connectivity index (χ0) is 10.1. The molecule has 0 aliphatic carbocycles. The minimum Gasteiger partial charge on any atom is -0.325 e. The van der Waals surface area contributed by atoms with Gasteiger partial charge in [-0.15, -0.1) is 0 Å². The third kappa shape index (κ3) is 3.37. The van der Waals surface area contributed by atoms with Gasteiger partial charge in [0.05, 0.1) is 0 Å². The first kappa shape index (κ1) is 10.6. The van der Waals surface area contributed by atoms with Gasteiger partial charge in [0.2, 0.25) is 0 Å². The van der Waals surface area contributed by atoms with Gasteiger partial charge in [0.25, 0.3) is 0 Å². The third-order valence-electron chi connectivity index (χ3n) is 1.88. The minimum atomic E-state index is -0.153. The lowest BCUT2D eigenvalue weighted by molar-refractivity contribution is 0.516. The quantitative estimate of drug-likeness (QED) is 0.775. The summed E-state index contributed by atoms with van der Waals surface area (Å²) >= 11 is 5.92. The van der Waals surface area contributed by atoms with E-state index in [1.807, 2.05) is 32.9 Å². The molecule has 2 heteroatoms. The molecule has 0 radical (unpaired) electrons.